The largest absolute Gasteiger partial charge is 2.00 e. The van der Waals surface area contributed by atoms with Crippen molar-refractivity contribution in [3.8, 4) is 11.5 Å². The summed E-state index contributed by atoms with van der Waals surface area (Å²) in [6, 6.07) is 10.6. The van der Waals surface area contributed by atoms with E-state index in [1.165, 1.54) is 48.5 Å². The third kappa shape index (κ3) is 11.1. The van der Waals surface area contributed by atoms with Crippen molar-refractivity contribution in [3.63, 3.8) is 0 Å². The first-order chi connectivity index (χ1) is 12.0. The van der Waals surface area contributed by atoms with E-state index in [1.54, 1.807) is 0 Å². The summed E-state index contributed by atoms with van der Waals surface area (Å²) in [6.45, 7) is 0. The number of hydrogen-bond donors (Lipinski definition) is 2. The normalized spacial score (nSPS) is 10.7. The van der Waals surface area contributed by atoms with Crippen LogP contribution in [0.15, 0.2) is 48.5 Å². The summed E-state index contributed by atoms with van der Waals surface area (Å²) in [5.41, 5.74) is 1.24. The molecule has 0 fully saturated rings. The van der Waals surface area contributed by atoms with Crippen molar-refractivity contribution in [1.29, 1.82) is 0 Å². The number of ether oxygens (including phenoxy) is 2. The zero-order chi connectivity index (χ0) is 19.8. The van der Waals surface area contributed by atoms with E-state index in [9.17, 15) is 26.3 Å². The molecule has 0 bridgehead atoms. The first-order valence-electron chi connectivity index (χ1n) is 6.80. The first kappa shape index (κ1) is 24.7. The molecule has 11 heteroatoms. The minimum atomic E-state index is -4.64. The Morgan fingerprint density at radius 2 is 0.852 bits per heavy atom. The molecular formula is C16H14CuF6N2O2. The number of anilines is 2. The van der Waals surface area contributed by atoms with E-state index in [1.807, 2.05) is 0 Å². The van der Waals surface area contributed by atoms with Crippen molar-refractivity contribution in [1.82, 2.24) is 0 Å². The maximum Gasteiger partial charge on any atom is 2.00 e. The molecule has 27 heavy (non-hydrogen) atoms. The van der Waals surface area contributed by atoms with Gasteiger partial charge in [-0.25, -0.2) is 0 Å². The van der Waals surface area contributed by atoms with Gasteiger partial charge < -0.3 is 20.1 Å². The van der Waals surface area contributed by atoms with Crippen LogP contribution in [0.4, 0.5) is 37.7 Å². The summed E-state index contributed by atoms with van der Waals surface area (Å²) in [4.78, 5) is 0. The van der Waals surface area contributed by atoms with E-state index < -0.39 is 12.7 Å². The Morgan fingerprint density at radius 1 is 0.593 bits per heavy atom. The fourth-order valence-electron chi connectivity index (χ4n) is 1.55. The number of benzene rings is 2. The van der Waals surface area contributed by atoms with Gasteiger partial charge in [0, 0.05) is 11.4 Å². The minimum Gasteiger partial charge on any atom is -0.538 e. The fraction of sp³-hybridized carbons (Fsp3) is 0.125. The summed E-state index contributed by atoms with van der Waals surface area (Å²) in [5, 5.41) is 5.06. The number of halogens is 6. The third-order valence-corrected chi connectivity index (χ3v) is 2.58. The number of alkyl halides is 6. The van der Waals surface area contributed by atoms with E-state index in [4.69, 9.17) is 0 Å². The van der Waals surface area contributed by atoms with Gasteiger partial charge in [0.1, 0.15) is 11.5 Å². The predicted octanol–water partition coefficient (Wildman–Crippen LogP) is 5.57. The molecule has 0 aliphatic carbocycles. The first-order valence-corrected chi connectivity index (χ1v) is 6.80. The van der Waals surface area contributed by atoms with Gasteiger partial charge in [-0.15, -0.1) is 26.3 Å². The Hall–Kier alpha value is -2.26. The van der Waals surface area contributed by atoms with Gasteiger partial charge in [0.05, 0.1) is 0 Å². The SMILES string of the molecule is [CH2-]Nc1ccc(OC(F)(F)F)cc1.[CH2-]Nc1ccc(OC(F)(F)F)cc1.[Cu+2]. The Bertz CT molecular complexity index is 601. The van der Waals surface area contributed by atoms with Crippen LogP contribution in [0, 0.1) is 14.1 Å². The molecule has 153 valence electrons. The fourth-order valence-corrected chi connectivity index (χ4v) is 1.55. The van der Waals surface area contributed by atoms with Crippen LogP contribution in [-0.4, -0.2) is 12.7 Å². The number of hydrogen-bond acceptors (Lipinski definition) is 4. The van der Waals surface area contributed by atoms with Crippen molar-refractivity contribution in [2.75, 3.05) is 10.6 Å². The van der Waals surface area contributed by atoms with Crippen molar-refractivity contribution in [3.05, 3.63) is 62.6 Å². The standard InChI is InChI=1S/2C8H7F3NO.Cu/c2*1-12-6-2-4-7(5-3-6)13-8(9,10)11;/h2*2-5,12H,1H2;/q2*-1;+2. The zero-order valence-corrected chi connectivity index (χ0v) is 14.4. The van der Waals surface area contributed by atoms with Crippen LogP contribution >= 0.6 is 0 Å². The van der Waals surface area contributed by atoms with Crippen molar-refractivity contribution in [2.24, 2.45) is 0 Å². The van der Waals surface area contributed by atoms with E-state index in [-0.39, 0.29) is 28.6 Å². The Balaban J connectivity index is 0.000000483. The molecule has 2 aromatic rings. The van der Waals surface area contributed by atoms with E-state index in [2.05, 4.69) is 34.2 Å². The molecule has 0 aromatic heterocycles. The second kappa shape index (κ2) is 10.8. The topological polar surface area (TPSA) is 42.5 Å². The van der Waals surface area contributed by atoms with Crippen LogP contribution in [0.5, 0.6) is 11.5 Å². The predicted molar refractivity (Wildman–Crippen MR) is 84.2 cm³/mol. The Morgan fingerprint density at radius 3 is 1.04 bits per heavy atom. The minimum absolute atomic E-state index is 0. The molecule has 0 aliphatic rings. The summed E-state index contributed by atoms with van der Waals surface area (Å²) in [5.74, 6) is -0.488. The van der Waals surface area contributed by atoms with Crippen molar-refractivity contribution >= 4 is 11.4 Å². The van der Waals surface area contributed by atoms with E-state index in [0.29, 0.717) is 11.4 Å². The zero-order valence-electron chi connectivity index (χ0n) is 13.4. The van der Waals surface area contributed by atoms with Gasteiger partial charge in [-0.2, -0.15) is 0 Å². The summed E-state index contributed by atoms with van der Waals surface area (Å²) < 4.78 is 77.3. The van der Waals surface area contributed by atoms with Gasteiger partial charge in [-0.05, 0) is 48.5 Å². The van der Waals surface area contributed by atoms with Crippen molar-refractivity contribution < 1.29 is 52.9 Å². The third-order valence-electron chi connectivity index (χ3n) is 2.58. The van der Waals surface area contributed by atoms with Gasteiger partial charge in [0.2, 0.25) is 0 Å². The Kier molecular flexibility index (Phi) is 9.88. The molecule has 2 rings (SSSR count). The molecular weight excluding hydrogens is 430 g/mol. The van der Waals surface area contributed by atoms with Gasteiger partial charge in [-0.3, -0.25) is 14.1 Å². The van der Waals surface area contributed by atoms with Gasteiger partial charge in [0.25, 0.3) is 0 Å². The molecule has 4 nitrogen and oxygen atoms in total. The second-order valence-electron chi connectivity index (χ2n) is 4.50. The van der Waals surface area contributed by atoms with Crippen LogP contribution in [0.3, 0.4) is 0 Å². The Labute approximate surface area is 162 Å². The van der Waals surface area contributed by atoms with Crippen molar-refractivity contribution in [2.45, 2.75) is 12.7 Å². The molecule has 0 spiro atoms. The quantitative estimate of drug-likeness (QED) is 0.368. The summed E-state index contributed by atoms with van der Waals surface area (Å²) >= 11 is 0. The summed E-state index contributed by atoms with van der Waals surface area (Å²) in [6.07, 6.45) is -9.28. The van der Waals surface area contributed by atoms with Gasteiger partial charge in [0.15, 0.2) is 0 Å². The second-order valence-corrected chi connectivity index (χ2v) is 4.50. The molecule has 0 saturated heterocycles. The number of nitrogens with one attached hydrogen (secondary N) is 2. The maximum atomic E-state index is 11.7. The molecule has 0 heterocycles. The molecule has 0 amide bonds. The molecule has 0 aliphatic heterocycles. The molecule has 0 saturated carbocycles. The molecule has 2 aromatic carbocycles. The maximum absolute atomic E-state index is 11.7. The van der Waals surface area contributed by atoms with Crippen LogP contribution in [0.1, 0.15) is 0 Å². The van der Waals surface area contributed by atoms with Gasteiger partial charge in [-0.1, -0.05) is 0 Å². The van der Waals surface area contributed by atoms with Crippen LogP contribution in [0.2, 0.25) is 0 Å². The van der Waals surface area contributed by atoms with E-state index >= 15 is 0 Å². The van der Waals surface area contributed by atoms with Crippen LogP contribution in [0.25, 0.3) is 0 Å². The van der Waals surface area contributed by atoms with Gasteiger partial charge >= 0.3 is 29.8 Å². The smallest absolute Gasteiger partial charge is 0.538 e. The van der Waals surface area contributed by atoms with Crippen LogP contribution < -0.4 is 20.1 Å². The monoisotopic (exact) mass is 443 g/mol. The average Bonchev–Trinajstić information content (AvgIpc) is 2.54. The van der Waals surface area contributed by atoms with E-state index in [0.717, 1.165) is 0 Å². The molecule has 2 N–H and O–H groups in total. The summed E-state index contributed by atoms with van der Waals surface area (Å²) in [7, 11) is 6.69. The average molecular weight is 444 g/mol. The molecule has 0 atom stereocenters. The number of rotatable bonds is 4. The molecule has 0 unspecified atom stereocenters. The molecule has 1 radical (unpaired) electrons. The van der Waals surface area contributed by atoms with Crippen LogP contribution in [-0.2, 0) is 17.1 Å².